The molecular weight excluding hydrogens is 354 g/mol. The summed E-state index contributed by atoms with van der Waals surface area (Å²) in [5, 5.41) is 6.32. The van der Waals surface area contributed by atoms with Crippen LogP contribution in [-0.2, 0) is 9.53 Å². The highest BCUT2D eigenvalue weighted by molar-refractivity contribution is 6.03. The number of nitrogens with zero attached hydrogens (tertiary/aromatic N) is 3. The summed E-state index contributed by atoms with van der Waals surface area (Å²) >= 11 is 0. The van der Waals surface area contributed by atoms with E-state index in [1.165, 1.54) is 5.56 Å². The quantitative estimate of drug-likeness (QED) is 0.815. The second kappa shape index (κ2) is 7.89. The number of carbonyl (C=O) groups is 1. The van der Waals surface area contributed by atoms with Gasteiger partial charge in [0, 0.05) is 19.5 Å². The number of hydrazone groups is 1. The van der Waals surface area contributed by atoms with Gasteiger partial charge in [0.25, 0.3) is 5.91 Å². The normalized spacial score (nSPS) is 25.8. The first-order valence-electron chi connectivity index (χ1n) is 9.87. The summed E-state index contributed by atoms with van der Waals surface area (Å²) in [5.74, 6) is 0.757. The molecule has 4 rings (SSSR count). The van der Waals surface area contributed by atoms with Gasteiger partial charge in [-0.05, 0) is 38.5 Å². The fourth-order valence-electron chi connectivity index (χ4n) is 4.04. The lowest BCUT2D eigenvalue weighted by Crippen LogP contribution is -2.49. The highest BCUT2D eigenvalue weighted by Crippen LogP contribution is 2.33. The fourth-order valence-corrected chi connectivity index (χ4v) is 4.04. The van der Waals surface area contributed by atoms with Crippen molar-refractivity contribution in [3.8, 4) is 0 Å². The summed E-state index contributed by atoms with van der Waals surface area (Å²) < 4.78 is 11.4. The van der Waals surface area contributed by atoms with Gasteiger partial charge in [0.05, 0.1) is 30.7 Å². The van der Waals surface area contributed by atoms with E-state index in [-0.39, 0.29) is 24.2 Å². The minimum atomic E-state index is -0.199. The molecule has 2 aromatic rings. The van der Waals surface area contributed by atoms with E-state index in [1.54, 1.807) is 11.3 Å². The maximum atomic E-state index is 13.2. The van der Waals surface area contributed by atoms with E-state index in [2.05, 4.69) is 36.1 Å². The third-order valence-electron chi connectivity index (χ3n) is 5.28. The van der Waals surface area contributed by atoms with E-state index < -0.39 is 0 Å². The maximum absolute atomic E-state index is 13.2. The first kappa shape index (κ1) is 18.9. The molecule has 3 heterocycles. The van der Waals surface area contributed by atoms with Gasteiger partial charge < -0.3 is 9.15 Å². The zero-order chi connectivity index (χ0) is 19.7. The first-order chi connectivity index (χ1) is 13.5. The molecule has 0 N–H and O–H groups in total. The van der Waals surface area contributed by atoms with Gasteiger partial charge >= 0.3 is 0 Å². The van der Waals surface area contributed by atoms with Gasteiger partial charge in [0.1, 0.15) is 11.8 Å². The van der Waals surface area contributed by atoms with Gasteiger partial charge in [0.15, 0.2) is 0 Å². The van der Waals surface area contributed by atoms with Crippen LogP contribution < -0.4 is 0 Å². The van der Waals surface area contributed by atoms with Crippen molar-refractivity contribution in [1.82, 2.24) is 9.91 Å². The van der Waals surface area contributed by atoms with Crippen LogP contribution >= 0.6 is 0 Å². The Morgan fingerprint density at radius 1 is 1.14 bits per heavy atom. The Morgan fingerprint density at radius 3 is 2.50 bits per heavy atom. The van der Waals surface area contributed by atoms with Crippen molar-refractivity contribution in [2.75, 3.05) is 19.6 Å². The SMILES string of the molecule is Cc1ccc(C2=NN(C(=O)CN3CC(C)OC(C)C3)C(c3ccco3)C2)cc1. The molecule has 6 nitrogen and oxygen atoms in total. The van der Waals surface area contributed by atoms with Crippen LogP contribution in [-0.4, -0.2) is 53.4 Å². The number of amides is 1. The molecule has 148 valence electrons. The Labute approximate surface area is 165 Å². The van der Waals surface area contributed by atoms with Gasteiger partial charge in [0.2, 0.25) is 0 Å². The van der Waals surface area contributed by atoms with Crippen molar-refractivity contribution in [2.45, 2.75) is 45.4 Å². The van der Waals surface area contributed by atoms with E-state index in [0.29, 0.717) is 13.0 Å². The second-order valence-corrected chi connectivity index (χ2v) is 7.84. The Balaban J connectivity index is 1.55. The monoisotopic (exact) mass is 381 g/mol. The molecule has 2 aliphatic heterocycles. The number of benzene rings is 1. The number of ether oxygens (including phenoxy) is 1. The number of carbonyl (C=O) groups excluding carboxylic acids is 1. The lowest BCUT2D eigenvalue weighted by Gasteiger charge is -2.35. The number of aryl methyl sites for hydroxylation is 1. The average Bonchev–Trinajstić information content (AvgIpc) is 3.31. The largest absolute Gasteiger partial charge is 0.467 e. The van der Waals surface area contributed by atoms with Gasteiger partial charge in [-0.1, -0.05) is 29.8 Å². The third-order valence-corrected chi connectivity index (χ3v) is 5.28. The van der Waals surface area contributed by atoms with Crippen LogP contribution in [0.15, 0.2) is 52.2 Å². The Morgan fingerprint density at radius 2 is 1.86 bits per heavy atom. The second-order valence-electron chi connectivity index (χ2n) is 7.84. The van der Waals surface area contributed by atoms with Crippen LogP contribution in [0.25, 0.3) is 0 Å². The molecule has 6 heteroatoms. The first-order valence-corrected chi connectivity index (χ1v) is 9.87. The summed E-state index contributed by atoms with van der Waals surface area (Å²) in [6.07, 6.45) is 2.55. The van der Waals surface area contributed by atoms with E-state index >= 15 is 0 Å². The molecule has 2 aliphatic rings. The summed E-state index contributed by atoms with van der Waals surface area (Å²) in [6.45, 7) is 7.99. The molecule has 1 amide bonds. The van der Waals surface area contributed by atoms with Crippen molar-refractivity contribution >= 4 is 11.6 Å². The van der Waals surface area contributed by atoms with Crippen molar-refractivity contribution in [3.63, 3.8) is 0 Å². The number of hydrogen-bond acceptors (Lipinski definition) is 5. The summed E-state index contributed by atoms with van der Waals surface area (Å²) in [4.78, 5) is 15.3. The van der Waals surface area contributed by atoms with Crippen LogP contribution in [0, 0.1) is 6.92 Å². The topological polar surface area (TPSA) is 58.3 Å². The molecular formula is C22H27N3O3. The highest BCUT2D eigenvalue weighted by atomic mass is 16.5. The predicted molar refractivity (Wildman–Crippen MR) is 107 cm³/mol. The minimum absolute atomic E-state index is 0.00943. The minimum Gasteiger partial charge on any atom is -0.467 e. The van der Waals surface area contributed by atoms with E-state index in [0.717, 1.165) is 30.1 Å². The average molecular weight is 381 g/mol. The van der Waals surface area contributed by atoms with E-state index in [4.69, 9.17) is 14.3 Å². The molecule has 0 radical (unpaired) electrons. The van der Waals surface area contributed by atoms with Crippen molar-refractivity contribution in [3.05, 3.63) is 59.5 Å². The number of morpholine rings is 1. The smallest absolute Gasteiger partial charge is 0.257 e. The van der Waals surface area contributed by atoms with Crippen LogP contribution in [0.2, 0.25) is 0 Å². The number of rotatable bonds is 4. The molecule has 1 aromatic carbocycles. The van der Waals surface area contributed by atoms with Crippen LogP contribution in [0.4, 0.5) is 0 Å². The summed E-state index contributed by atoms with van der Waals surface area (Å²) in [6, 6.07) is 11.8. The molecule has 0 aliphatic carbocycles. The fraction of sp³-hybridized carbons (Fsp3) is 0.455. The van der Waals surface area contributed by atoms with Crippen molar-refractivity contribution in [2.24, 2.45) is 5.10 Å². The lowest BCUT2D eigenvalue weighted by atomic mass is 10.0. The summed E-state index contributed by atoms with van der Waals surface area (Å²) in [7, 11) is 0. The van der Waals surface area contributed by atoms with Crippen LogP contribution in [0.3, 0.4) is 0 Å². The Kier molecular flexibility index (Phi) is 5.33. The maximum Gasteiger partial charge on any atom is 0.257 e. The van der Waals surface area contributed by atoms with Crippen LogP contribution in [0.5, 0.6) is 0 Å². The summed E-state index contributed by atoms with van der Waals surface area (Å²) in [5.41, 5.74) is 3.16. The molecule has 28 heavy (non-hydrogen) atoms. The molecule has 1 fully saturated rings. The van der Waals surface area contributed by atoms with Gasteiger partial charge in [-0.25, -0.2) is 5.01 Å². The zero-order valence-corrected chi connectivity index (χ0v) is 16.7. The molecule has 1 aromatic heterocycles. The van der Waals surface area contributed by atoms with Crippen molar-refractivity contribution < 1.29 is 13.9 Å². The number of furan rings is 1. The zero-order valence-electron chi connectivity index (χ0n) is 16.7. The molecule has 0 saturated carbocycles. The van der Waals surface area contributed by atoms with Crippen molar-refractivity contribution in [1.29, 1.82) is 0 Å². The molecule has 3 unspecified atom stereocenters. The molecule has 0 bridgehead atoms. The Bertz CT molecular complexity index is 834. The van der Waals surface area contributed by atoms with E-state index in [1.807, 2.05) is 26.0 Å². The third kappa shape index (κ3) is 4.03. The lowest BCUT2D eigenvalue weighted by molar-refractivity contribution is -0.138. The van der Waals surface area contributed by atoms with Gasteiger partial charge in [-0.15, -0.1) is 0 Å². The Hall–Kier alpha value is -2.44. The predicted octanol–water partition coefficient (Wildman–Crippen LogP) is 3.37. The molecule has 1 saturated heterocycles. The van der Waals surface area contributed by atoms with Gasteiger partial charge in [-0.2, -0.15) is 5.10 Å². The standard InChI is InChI=1S/C22H27N3O3/c1-15-6-8-18(9-7-15)19-11-20(21-5-4-10-27-21)25(23-19)22(26)14-24-12-16(2)28-17(3)13-24/h4-10,16-17,20H,11-14H2,1-3H3. The van der Waals surface area contributed by atoms with E-state index in [9.17, 15) is 4.79 Å². The van der Waals surface area contributed by atoms with Gasteiger partial charge in [-0.3, -0.25) is 9.69 Å². The number of hydrogen-bond donors (Lipinski definition) is 0. The van der Waals surface area contributed by atoms with Crippen LogP contribution in [0.1, 0.15) is 43.2 Å². The highest BCUT2D eigenvalue weighted by Gasteiger charge is 2.36. The molecule has 3 atom stereocenters. The molecule has 0 spiro atoms.